The van der Waals surface area contributed by atoms with E-state index in [-0.39, 0.29) is 0 Å². The van der Waals surface area contributed by atoms with Crippen LogP contribution in [0, 0.1) is 6.92 Å². The molecular weight excluding hydrogens is 102 g/mol. The number of hydrogen-bond acceptors (Lipinski definition) is 2. The maximum absolute atomic E-state index is 10.0. The lowest BCUT2D eigenvalue weighted by Crippen LogP contribution is -2.01. The van der Waals surface area contributed by atoms with Gasteiger partial charge >= 0.3 is 0 Å². The molecule has 0 aliphatic rings. The van der Waals surface area contributed by atoms with Gasteiger partial charge in [0.05, 0.1) is 0 Å². The van der Waals surface area contributed by atoms with Crippen molar-refractivity contribution in [3.63, 3.8) is 0 Å². The van der Waals surface area contributed by atoms with E-state index in [0.29, 0.717) is 0 Å². The molecule has 0 atom stereocenters. The predicted molar refractivity (Wildman–Crippen MR) is 32.1 cm³/mol. The Hall–Kier alpha value is -0.790. The zero-order valence-corrected chi connectivity index (χ0v) is 5.09. The average Bonchev–Trinajstić information content (AvgIpc) is 1.61. The van der Waals surface area contributed by atoms with E-state index in [2.05, 4.69) is 0 Å². The summed E-state index contributed by atoms with van der Waals surface area (Å²) in [5, 5.41) is 0. The number of rotatable bonds is 2. The first-order chi connectivity index (χ1) is 3.63. The molecular formula is C6H9NO. The zero-order chi connectivity index (χ0) is 6.57. The maximum atomic E-state index is 10.0. The van der Waals surface area contributed by atoms with E-state index in [0.717, 1.165) is 0 Å². The zero-order valence-electron chi connectivity index (χ0n) is 5.09. The molecule has 0 aromatic rings. The predicted octanol–water partition coefficient (Wildman–Crippen LogP) is 0.342. The van der Waals surface area contributed by atoms with Gasteiger partial charge in [-0.2, -0.15) is 0 Å². The molecule has 0 aromatic heterocycles. The fraction of sp³-hybridized carbons (Fsp3) is 0.333. The number of carbonyl (C=O) groups excluding carboxylic acids is 1. The molecule has 0 rings (SSSR count). The smallest absolute Gasteiger partial charge is 0.161 e. The van der Waals surface area contributed by atoms with Gasteiger partial charge in [0.1, 0.15) is 0 Å². The van der Waals surface area contributed by atoms with Crippen LogP contribution in [-0.2, 0) is 4.79 Å². The van der Waals surface area contributed by atoms with Crippen molar-refractivity contribution < 1.29 is 4.79 Å². The second-order valence-corrected chi connectivity index (χ2v) is 1.68. The molecule has 8 heavy (non-hydrogen) atoms. The highest BCUT2D eigenvalue weighted by Crippen LogP contribution is 1.76. The number of hydrogen-bond donors (Lipinski definition) is 0. The molecule has 0 amide bonds. The van der Waals surface area contributed by atoms with Gasteiger partial charge in [0.15, 0.2) is 5.78 Å². The summed E-state index contributed by atoms with van der Waals surface area (Å²) in [6.07, 6.45) is 2.91. The van der Waals surface area contributed by atoms with E-state index in [1.807, 2.05) is 14.1 Å². The maximum Gasteiger partial charge on any atom is 0.161 e. The molecule has 0 saturated heterocycles. The van der Waals surface area contributed by atoms with E-state index in [4.69, 9.17) is 6.92 Å². The summed E-state index contributed by atoms with van der Waals surface area (Å²) in [7, 11) is 3.64. The second kappa shape index (κ2) is 3.24. The van der Waals surface area contributed by atoms with Gasteiger partial charge in [0.25, 0.3) is 0 Å². The van der Waals surface area contributed by atoms with Gasteiger partial charge in [-0.15, -0.1) is 0 Å². The quantitative estimate of drug-likeness (QED) is 0.479. The fourth-order valence-corrected chi connectivity index (χ4v) is 0.223. The Balaban J connectivity index is 3.50. The summed E-state index contributed by atoms with van der Waals surface area (Å²) < 4.78 is 0. The minimum atomic E-state index is -0.418. The van der Waals surface area contributed by atoms with Gasteiger partial charge in [0, 0.05) is 27.2 Å². The molecule has 0 aromatic carbocycles. The molecule has 0 aliphatic carbocycles. The molecule has 0 unspecified atom stereocenters. The SMILES string of the molecule is [CH]C(=O)/C=C/N(C)C. The van der Waals surface area contributed by atoms with Crippen LogP contribution in [0.15, 0.2) is 12.3 Å². The van der Waals surface area contributed by atoms with Gasteiger partial charge in [-0.1, -0.05) is 0 Å². The first kappa shape index (κ1) is 7.21. The van der Waals surface area contributed by atoms with Crippen molar-refractivity contribution in [2.75, 3.05) is 14.1 Å². The Bertz CT molecular complexity index is 105. The highest BCUT2D eigenvalue weighted by atomic mass is 16.1. The Morgan fingerprint density at radius 3 is 2.25 bits per heavy atom. The fourth-order valence-electron chi connectivity index (χ4n) is 0.223. The molecule has 0 N–H and O–H groups in total. The van der Waals surface area contributed by atoms with Crippen molar-refractivity contribution in [1.82, 2.24) is 4.90 Å². The van der Waals surface area contributed by atoms with Crippen molar-refractivity contribution in [2.45, 2.75) is 0 Å². The molecule has 2 radical (unpaired) electrons. The van der Waals surface area contributed by atoms with Crippen LogP contribution in [-0.4, -0.2) is 24.8 Å². The average molecular weight is 111 g/mol. The minimum Gasteiger partial charge on any atom is -0.383 e. The number of carbonyl (C=O) groups is 1. The molecule has 2 nitrogen and oxygen atoms in total. The first-order valence-corrected chi connectivity index (χ1v) is 2.27. The molecule has 0 saturated carbocycles. The van der Waals surface area contributed by atoms with Gasteiger partial charge in [-0.3, -0.25) is 4.79 Å². The van der Waals surface area contributed by atoms with Crippen LogP contribution < -0.4 is 0 Å². The molecule has 0 fully saturated rings. The number of ketones is 1. The van der Waals surface area contributed by atoms with Crippen LogP contribution >= 0.6 is 0 Å². The van der Waals surface area contributed by atoms with Crippen LogP contribution in [0.25, 0.3) is 0 Å². The van der Waals surface area contributed by atoms with E-state index in [9.17, 15) is 4.79 Å². The third-order valence-electron chi connectivity index (χ3n) is 0.537. The Morgan fingerprint density at radius 1 is 1.62 bits per heavy atom. The van der Waals surface area contributed by atoms with Gasteiger partial charge in [-0.25, -0.2) is 0 Å². The monoisotopic (exact) mass is 111 g/mol. The molecule has 0 heterocycles. The standard InChI is InChI=1S/C6H9NO/c1-6(8)4-5-7(2)3/h1,4-5H,2-3H3/b5-4+. The lowest BCUT2D eigenvalue weighted by atomic mass is 10.4. The minimum absolute atomic E-state index is 0.418. The van der Waals surface area contributed by atoms with Gasteiger partial charge in [0.2, 0.25) is 0 Å². The largest absolute Gasteiger partial charge is 0.383 e. The summed E-state index contributed by atoms with van der Waals surface area (Å²) in [5.41, 5.74) is 0. The lowest BCUT2D eigenvalue weighted by Gasteiger charge is -2.00. The highest BCUT2D eigenvalue weighted by Gasteiger charge is 1.80. The van der Waals surface area contributed by atoms with Gasteiger partial charge < -0.3 is 4.90 Å². The Kier molecular flexibility index (Phi) is 2.92. The van der Waals surface area contributed by atoms with Crippen LogP contribution in [0.1, 0.15) is 0 Å². The summed E-state index contributed by atoms with van der Waals surface area (Å²) in [5.74, 6) is -0.418. The van der Waals surface area contributed by atoms with Crippen molar-refractivity contribution >= 4 is 5.78 Å². The molecule has 0 aliphatic heterocycles. The third-order valence-corrected chi connectivity index (χ3v) is 0.537. The topological polar surface area (TPSA) is 20.3 Å². The van der Waals surface area contributed by atoms with E-state index < -0.39 is 5.78 Å². The summed E-state index contributed by atoms with van der Waals surface area (Å²) in [6.45, 7) is 4.79. The highest BCUT2D eigenvalue weighted by molar-refractivity contribution is 5.93. The van der Waals surface area contributed by atoms with Crippen molar-refractivity contribution in [2.24, 2.45) is 0 Å². The van der Waals surface area contributed by atoms with Crippen LogP contribution in [0.2, 0.25) is 0 Å². The molecule has 0 bridgehead atoms. The Labute approximate surface area is 49.8 Å². The first-order valence-electron chi connectivity index (χ1n) is 2.27. The number of nitrogens with zero attached hydrogens (tertiary/aromatic N) is 1. The van der Waals surface area contributed by atoms with E-state index >= 15 is 0 Å². The van der Waals surface area contributed by atoms with Crippen LogP contribution in [0.5, 0.6) is 0 Å². The van der Waals surface area contributed by atoms with E-state index in [1.165, 1.54) is 6.08 Å². The van der Waals surface area contributed by atoms with Crippen molar-refractivity contribution in [1.29, 1.82) is 0 Å². The molecule has 2 heteroatoms. The third kappa shape index (κ3) is 5.21. The van der Waals surface area contributed by atoms with Crippen LogP contribution in [0.4, 0.5) is 0 Å². The van der Waals surface area contributed by atoms with Crippen molar-refractivity contribution in [3.05, 3.63) is 19.2 Å². The second-order valence-electron chi connectivity index (χ2n) is 1.68. The summed E-state index contributed by atoms with van der Waals surface area (Å²) in [6, 6.07) is 0. The molecule has 0 spiro atoms. The van der Waals surface area contributed by atoms with Gasteiger partial charge in [-0.05, 0) is 6.08 Å². The summed E-state index contributed by atoms with van der Waals surface area (Å²) in [4.78, 5) is 11.8. The van der Waals surface area contributed by atoms with E-state index in [1.54, 1.807) is 11.1 Å². The Morgan fingerprint density at radius 2 is 2.12 bits per heavy atom. The molecule has 44 valence electrons. The lowest BCUT2D eigenvalue weighted by molar-refractivity contribution is -0.110. The normalized spacial score (nSPS) is 9.88. The summed E-state index contributed by atoms with van der Waals surface area (Å²) >= 11 is 0. The van der Waals surface area contributed by atoms with Crippen LogP contribution in [0.3, 0.4) is 0 Å². The van der Waals surface area contributed by atoms with Crippen molar-refractivity contribution in [3.8, 4) is 0 Å². The number of allylic oxidation sites excluding steroid dienone is 1.